The van der Waals surface area contributed by atoms with Crippen LogP contribution in [-0.2, 0) is 32.6 Å². The van der Waals surface area contributed by atoms with Gasteiger partial charge in [-0.3, -0.25) is 9.59 Å². The van der Waals surface area contributed by atoms with E-state index in [1.807, 2.05) is 44.2 Å². The molecule has 0 aliphatic carbocycles. The highest BCUT2D eigenvalue weighted by atomic mass is 32.2. The second kappa shape index (κ2) is 17.0. The first-order valence-electron chi connectivity index (χ1n) is 15.8. The molecule has 13 heteroatoms. The lowest BCUT2D eigenvalue weighted by Gasteiger charge is -2.34. The number of rotatable bonds is 16. The summed E-state index contributed by atoms with van der Waals surface area (Å²) < 4.78 is 56.1. The van der Waals surface area contributed by atoms with Crippen molar-refractivity contribution in [3.8, 4) is 0 Å². The van der Waals surface area contributed by atoms with Crippen LogP contribution in [0.4, 0.5) is 14.5 Å². The van der Waals surface area contributed by atoms with Crippen LogP contribution in [0.2, 0.25) is 0 Å². The Labute approximate surface area is 282 Å². The average Bonchev–Trinajstić information content (AvgIpc) is 3.00. The third-order valence-corrected chi connectivity index (χ3v) is 9.42. The first-order chi connectivity index (χ1) is 22.5. The van der Waals surface area contributed by atoms with Gasteiger partial charge < -0.3 is 26.8 Å². The van der Waals surface area contributed by atoms with Crippen molar-refractivity contribution in [3.63, 3.8) is 0 Å². The molecule has 0 unspecified atom stereocenters. The van der Waals surface area contributed by atoms with Crippen LogP contribution >= 0.6 is 0 Å². The highest BCUT2D eigenvalue weighted by molar-refractivity contribution is 7.89. The fourth-order valence-electron chi connectivity index (χ4n) is 5.13. The standard InChI is InChI=1S/C35H47F2N5O5S/c1-23(2)21-42(48(46,47)28-13-9-12-27(38)18-28)22-31(43)30(16-24-10-7-6-8-11-24)40-34(45)33(35(3,4)5)41-32(44)20-39-19-25-17-26(36)14-15-29(25)37/h6-15,17-18,23,30-31,33,39,43H,16,19-22,38H2,1-5H3,(H,40,45)(H,41,44)/t30-,31+,33+/m0/s1. The van der Waals surface area contributed by atoms with E-state index in [1.54, 1.807) is 32.9 Å². The van der Waals surface area contributed by atoms with Crippen molar-refractivity contribution < 1.29 is 31.9 Å². The number of amides is 2. The zero-order chi connectivity index (χ0) is 35.6. The Morgan fingerprint density at radius 3 is 2.25 bits per heavy atom. The minimum atomic E-state index is -4.07. The molecule has 0 bridgehead atoms. The molecule has 10 nitrogen and oxygen atoms in total. The molecule has 3 aromatic rings. The van der Waals surface area contributed by atoms with Gasteiger partial charge in [-0.25, -0.2) is 17.2 Å². The maximum absolute atomic E-state index is 14.0. The van der Waals surface area contributed by atoms with Gasteiger partial charge in [0.05, 0.1) is 23.6 Å². The molecule has 0 heterocycles. The lowest BCUT2D eigenvalue weighted by atomic mass is 9.85. The lowest BCUT2D eigenvalue weighted by Crippen LogP contribution is -2.59. The van der Waals surface area contributed by atoms with E-state index in [0.717, 1.165) is 23.8 Å². The number of nitrogens with zero attached hydrogens (tertiary/aromatic N) is 1. The molecule has 48 heavy (non-hydrogen) atoms. The second-order valence-corrected chi connectivity index (χ2v) is 15.3. The van der Waals surface area contributed by atoms with Gasteiger partial charge in [0.25, 0.3) is 0 Å². The molecular weight excluding hydrogens is 640 g/mol. The van der Waals surface area contributed by atoms with E-state index in [-0.39, 0.29) is 54.7 Å². The van der Waals surface area contributed by atoms with Crippen LogP contribution < -0.4 is 21.7 Å². The first-order valence-corrected chi connectivity index (χ1v) is 17.2. The van der Waals surface area contributed by atoms with Gasteiger partial charge in [-0.1, -0.05) is 71.0 Å². The van der Waals surface area contributed by atoms with Crippen LogP contribution in [0.25, 0.3) is 0 Å². The molecule has 6 N–H and O–H groups in total. The Morgan fingerprint density at radius 2 is 1.62 bits per heavy atom. The van der Waals surface area contributed by atoms with Crippen molar-refractivity contribution in [2.45, 2.75) is 70.7 Å². The van der Waals surface area contributed by atoms with Crippen LogP contribution in [0.1, 0.15) is 45.7 Å². The third kappa shape index (κ3) is 11.4. The number of carbonyl (C=O) groups is 2. The molecule has 0 aliphatic rings. The van der Waals surface area contributed by atoms with Gasteiger partial charge in [0, 0.05) is 30.9 Å². The fraction of sp³-hybridized carbons (Fsp3) is 0.429. The maximum atomic E-state index is 14.0. The molecule has 3 aromatic carbocycles. The van der Waals surface area contributed by atoms with Crippen molar-refractivity contribution in [1.82, 2.24) is 20.3 Å². The fourth-order valence-corrected chi connectivity index (χ4v) is 6.81. The molecule has 0 radical (unpaired) electrons. The summed E-state index contributed by atoms with van der Waals surface area (Å²) in [5.74, 6) is -2.45. The summed E-state index contributed by atoms with van der Waals surface area (Å²) >= 11 is 0. The smallest absolute Gasteiger partial charge is 0.243 e. The van der Waals surface area contributed by atoms with Gasteiger partial charge in [0.1, 0.15) is 17.7 Å². The molecule has 0 saturated carbocycles. The summed E-state index contributed by atoms with van der Waals surface area (Å²) in [6.45, 7) is 8.40. The summed E-state index contributed by atoms with van der Waals surface area (Å²) in [5, 5.41) is 20.0. The second-order valence-electron chi connectivity index (χ2n) is 13.4. The molecule has 3 atom stereocenters. The first kappa shape index (κ1) is 38.5. The molecule has 0 spiro atoms. The monoisotopic (exact) mass is 687 g/mol. The SMILES string of the molecule is CC(C)CN(C[C@@H](O)[C@H](Cc1ccccc1)NC(=O)[C@@H](NC(=O)CNCc1cc(F)ccc1F)C(C)(C)C)S(=O)(=O)c1cccc(N)c1. The average molecular weight is 688 g/mol. The number of nitrogens with one attached hydrogen (secondary N) is 3. The van der Waals surface area contributed by atoms with Gasteiger partial charge in [0.2, 0.25) is 21.8 Å². The van der Waals surface area contributed by atoms with Crippen molar-refractivity contribution >= 4 is 27.5 Å². The maximum Gasteiger partial charge on any atom is 0.243 e. The minimum absolute atomic E-state index is 0.0109. The van der Waals surface area contributed by atoms with E-state index in [0.29, 0.717) is 0 Å². The Hall–Kier alpha value is -3.91. The predicted molar refractivity (Wildman–Crippen MR) is 182 cm³/mol. The molecule has 262 valence electrons. The quantitative estimate of drug-likeness (QED) is 0.144. The minimum Gasteiger partial charge on any atom is -0.399 e. The number of carbonyl (C=O) groups excluding carboxylic acids is 2. The predicted octanol–water partition coefficient (Wildman–Crippen LogP) is 3.60. The van der Waals surface area contributed by atoms with Crippen LogP contribution in [-0.4, -0.2) is 67.5 Å². The van der Waals surface area contributed by atoms with Gasteiger partial charge in [-0.05, 0) is 59.7 Å². The molecule has 3 rings (SSSR count). The van der Waals surface area contributed by atoms with E-state index in [2.05, 4.69) is 16.0 Å². The van der Waals surface area contributed by atoms with Crippen molar-refractivity contribution in [3.05, 3.63) is 95.6 Å². The highest BCUT2D eigenvalue weighted by Gasteiger charge is 2.36. The molecule has 0 aromatic heterocycles. The van der Waals surface area contributed by atoms with Crippen LogP contribution in [0, 0.1) is 23.0 Å². The van der Waals surface area contributed by atoms with Crippen LogP contribution in [0.15, 0.2) is 77.7 Å². The van der Waals surface area contributed by atoms with E-state index >= 15 is 0 Å². The number of aliphatic hydroxyl groups excluding tert-OH is 1. The normalized spacial score (nSPS) is 14.0. The number of sulfonamides is 1. The lowest BCUT2D eigenvalue weighted by molar-refractivity contribution is -0.132. The largest absolute Gasteiger partial charge is 0.399 e. The number of hydrogen-bond donors (Lipinski definition) is 5. The van der Waals surface area contributed by atoms with Crippen molar-refractivity contribution in [2.24, 2.45) is 11.3 Å². The number of benzene rings is 3. The number of hydrogen-bond acceptors (Lipinski definition) is 7. The van der Waals surface area contributed by atoms with Gasteiger partial charge in [0.15, 0.2) is 0 Å². The van der Waals surface area contributed by atoms with Gasteiger partial charge in [-0.15, -0.1) is 0 Å². The van der Waals surface area contributed by atoms with Crippen LogP contribution in [0.5, 0.6) is 0 Å². The van der Waals surface area contributed by atoms with Crippen molar-refractivity contribution in [1.29, 1.82) is 0 Å². The third-order valence-electron chi connectivity index (χ3n) is 7.59. The topological polar surface area (TPSA) is 154 Å². The highest BCUT2D eigenvalue weighted by Crippen LogP contribution is 2.23. The van der Waals surface area contributed by atoms with E-state index < -0.39 is 57.1 Å². The van der Waals surface area contributed by atoms with Gasteiger partial charge in [-0.2, -0.15) is 4.31 Å². The number of aliphatic hydroxyl groups is 1. The van der Waals surface area contributed by atoms with E-state index in [1.165, 1.54) is 16.4 Å². The number of nitrogens with two attached hydrogens (primary N) is 1. The Morgan fingerprint density at radius 1 is 0.938 bits per heavy atom. The summed E-state index contributed by atoms with van der Waals surface area (Å²) in [5.41, 5.74) is 6.21. The Kier molecular flexibility index (Phi) is 13.6. The molecule has 2 amide bonds. The number of anilines is 1. The number of halogens is 2. The summed E-state index contributed by atoms with van der Waals surface area (Å²) in [6.07, 6.45) is -1.17. The van der Waals surface area contributed by atoms with E-state index in [9.17, 15) is 31.9 Å². The Bertz CT molecular complexity index is 1630. The number of nitrogen functional groups attached to an aromatic ring is 1. The molecule has 0 aliphatic heterocycles. The zero-order valence-electron chi connectivity index (χ0n) is 28.0. The molecule has 0 saturated heterocycles. The van der Waals surface area contributed by atoms with E-state index in [4.69, 9.17) is 5.73 Å². The zero-order valence-corrected chi connectivity index (χ0v) is 28.9. The van der Waals surface area contributed by atoms with Crippen LogP contribution in [0.3, 0.4) is 0 Å². The summed E-state index contributed by atoms with van der Waals surface area (Å²) in [6, 6.07) is 16.1. The van der Waals surface area contributed by atoms with Crippen molar-refractivity contribution in [2.75, 3.05) is 25.4 Å². The Balaban J connectivity index is 1.81. The molecular formula is C35H47F2N5O5S. The summed E-state index contributed by atoms with van der Waals surface area (Å²) in [7, 11) is -4.07. The van der Waals surface area contributed by atoms with Gasteiger partial charge >= 0.3 is 0 Å². The molecule has 0 fully saturated rings. The summed E-state index contributed by atoms with van der Waals surface area (Å²) in [4.78, 5) is 26.7.